The average Bonchev–Trinajstić information content (AvgIpc) is 2.71. The van der Waals surface area contributed by atoms with Gasteiger partial charge in [-0.15, -0.1) is 0 Å². The second kappa shape index (κ2) is 8.19. The first kappa shape index (κ1) is 19.5. The van der Waals surface area contributed by atoms with Gasteiger partial charge in [-0.3, -0.25) is 9.58 Å². The highest BCUT2D eigenvalue weighted by molar-refractivity contribution is 5.84. The Balaban J connectivity index is 1.82. The molecular weight excluding hydrogens is 354 g/mol. The molecule has 27 heavy (non-hydrogen) atoms. The summed E-state index contributed by atoms with van der Waals surface area (Å²) < 4.78 is 16.1. The number of aliphatic hydroxyl groups excluding tert-OH is 4. The van der Waals surface area contributed by atoms with Crippen molar-refractivity contribution in [1.29, 1.82) is 0 Å². The Morgan fingerprint density at radius 2 is 1.78 bits per heavy atom. The number of rotatable bonds is 5. The number of methoxy groups -OCH3 is 1. The number of ether oxygens (including phenoxy) is 3. The SMILES string of the molecule is [C-]#[N+]C(OC1OC(CO)C(O)C(O)C1O)c1ccc2cc(OC)ccc2c1. The van der Waals surface area contributed by atoms with Crippen LogP contribution < -0.4 is 4.74 Å². The fourth-order valence-corrected chi connectivity index (χ4v) is 3.01. The first-order valence-corrected chi connectivity index (χ1v) is 8.38. The van der Waals surface area contributed by atoms with E-state index in [4.69, 9.17) is 20.8 Å². The molecule has 6 unspecified atom stereocenters. The quantitative estimate of drug-likeness (QED) is 0.566. The lowest BCUT2D eigenvalue weighted by Gasteiger charge is -2.39. The zero-order valence-corrected chi connectivity index (χ0v) is 14.6. The smallest absolute Gasteiger partial charge is 0.356 e. The van der Waals surface area contributed by atoms with Crippen molar-refractivity contribution in [1.82, 2.24) is 0 Å². The lowest BCUT2D eigenvalue weighted by Crippen LogP contribution is -2.59. The summed E-state index contributed by atoms with van der Waals surface area (Å²) in [5.74, 6) is 0.717. The second-order valence-corrected chi connectivity index (χ2v) is 6.29. The minimum atomic E-state index is -1.56. The lowest BCUT2D eigenvalue weighted by molar-refractivity contribution is -0.308. The first-order valence-electron chi connectivity index (χ1n) is 8.38. The van der Waals surface area contributed by atoms with E-state index in [1.165, 1.54) is 0 Å². The minimum Gasteiger partial charge on any atom is -0.497 e. The Labute approximate surface area is 156 Å². The van der Waals surface area contributed by atoms with Crippen LogP contribution in [0.2, 0.25) is 0 Å². The minimum absolute atomic E-state index is 0.541. The normalized spacial score (nSPS) is 29.3. The molecule has 1 aliphatic heterocycles. The van der Waals surface area contributed by atoms with E-state index >= 15 is 0 Å². The molecule has 0 aliphatic carbocycles. The van der Waals surface area contributed by atoms with Crippen molar-refractivity contribution in [3.63, 3.8) is 0 Å². The van der Waals surface area contributed by atoms with Crippen molar-refractivity contribution < 1.29 is 34.6 Å². The predicted molar refractivity (Wildman–Crippen MR) is 94.7 cm³/mol. The van der Waals surface area contributed by atoms with Crippen LogP contribution in [-0.2, 0) is 9.47 Å². The zero-order chi connectivity index (χ0) is 19.6. The van der Waals surface area contributed by atoms with Crippen LogP contribution >= 0.6 is 0 Å². The van der Waals surface area contributed by atoms with Gasteiger partial charge in [0, 0.05) is 0 Å². The van der Waals surface area contributed by atoms with E-state index in [1.54, 1.807) is 25.3 Å². The maximum atomic E-state index is 10.1. The van der Waals surface area contributed by atoms with Gasteiger partial charge in [-0.05, 0) is 35.0 Å². The zero-order valence-electron chi connectivity index (χ0n) is 14.6. The molecule has 0 saturated carbocycles. The van der Waals surface area contributed by atoms with Gasteiger partial charge in [0.05, 0.1) is 19.3 Å². The lowest BCUT2D eigenvalue weighted by atomic mass is 9.99. The Bertz CT molecular complexity index is 834. The third kappa shape index (κ3) is 3.89. The molecule has 0 radical (unpaired) electrons. The molecule has 0 bridgehead atoms. The second-order valence-electron chi connectivity index (χ2n) is 6.29. The summed E-state index contributed by atoms with van der Waals surface area (Å²) in [4.78, 5) is 3.43. The highest BCUT2D eigenvalue weighted by Gasteiger charge is 2.45. The van der Waals surface area contributed by atoms with Crippen LogP contribution in [0.3, 0.4) is 0 Å². The number of hydrogen-bond donors (Lipinski definition) is 4. The molecule has 2 aromatic rings. The van der Waals surface area contributed by atoms with E-state index in [1.807, 2.05) is 18.2 Å². The fourth-order valence-electron chi connectivity index (χ4n) is 3.01. The third-order valence-electron chi connectivity index (χ3n) is 4.59. The fraction of sp³-hybridized carbons (Fsp3) is 0.421. The summed E-state index contributed by atoms with van der Waals surface area (Å²) in [6.07, 6.45) is -8.16. The third-order valence-corrected chi connectivity index (χ3v) is 4.59. The van der Waals surface area contributed by atoms with Crippen LogP contribution in [-0.4, -0.2) is 64.8 Å². The number of benzene rings is 2. The molecule has 2 aromatic carbocycles. The molecule has 6 atom stereocenters. The van der Waals surface area contributed by atoms with Gasteiger partial charge in [0.2, 0.25) is 0 Å². The van der Waals surface area contributed by atoms with Crippen molar-refractivity contribution in [3.05, 3.63) is 53.4 Å². The van der Waals surface area contributed by atoms with E-state index in [0.29, 0.717) is 5.56 Å². The number of aliphatic hydroxyl groups is 4. The number of fused-ring (bicyclic) bond motifs is 1. The molecule has 0 amide bonds. The molecule has 3 rings (SSSR count). The molecule has 0 spiro atoms. The molecule has 8 heteroatoms. The van der Waals surface area contributed by atoms with Gasteiger partial charge in [0.25, 0.3) is 0 Å². The molecule has 1 fully saturated rings. The van der Waals surface area contributed by atoms with E-state index in [0.717, 1.165) is 16.5 Å². The van der Waals surface area contributed by atoms with Gasteiger partial charge in [-0.25, -0.2) is 6.57 Å². The summed E-state index contributed by atoms with van der Waals surface area (Å²) in [6, 6.07) is 10.8. The van der Waals surface area contributed by atoms with Crippen molar-refractivity contribution in [2.45, 2.75) is 36.9 Å². The van der Waals surface area contributed by atoms with Gasteiger partial charge in [0.1, 0.15) is 30.2 Å². The largest absolute Gasteiger partial charge is 0.497 e. The van der Waals surface area contributed by atoms with E-state index in [9.17, 15) is 20.4 Å². The number of hydrogen-bond acceptors (Lipinski definition) is 7. The van der Waals surface area contributed by atoms with Gasteiger partial charge in [0.15, 0.2) is 6.29 Å². The van der Waals surface area contributed by atoms with Crippen LogP contribution in [0.4, 0.5) is 0 Å². The van der Waals surface area contributed by atoms with Crippen molar-refractivity contribution in [3.8, 4) is 5.75 Å². The monoisotopic (exact) mass is 375 g/mol. The van der Waals surface area contributed by atoms with Crippen LogP contribution in [0.15, 0.2) is 36.4 Å². The Hall–Kier alpha value is -2.25. The predicted octanol–water partition coefficient (Wildman–Crippen LogP) is 0.583. The summed E-state index contributed by atoms with van der Waals surface area (Å²) in [5, 5.41) is 40.8. The molecule has 1 saturated heterocycles. The van der Waals surface area contributed by atoms with Gasteiger partial charge >= 0.3 is 6.23 Å². The summed E-state index contributed by atoms with van der Waals surface area (Å²) >= 11 is 0. The maximum absolute atomic E-state index is 10.1. The van der Waals surface area contributed by atoms with E-state index in [2.05, 4.69) is 4.85 Å². The summed E-state index contributed by atoms with van der Waals surface area (Å²) in [6.45, 7) is 6.86. The van der Waals surface area contributed by atoms with Gasteiger partial charge in [-0.1, -0.05) is 12.1 Å². The average molecular weight is 375 g/mol. The van der Waals surface area contributed by atoms with Crippen molar-refractivity contribution in [2.24, 2.45) is 0 Å². The van der Waals surface area contributed by atoms with E-state index in [-0.39, 0.29) is 0 Å². The molecule has 144 valence electrons. The Morgan fingerprint density at radius 3 is 2.44 bits per heavy atom. The highest BCUT2D eigenvalue weighted by Crippen LogP contribution is 2.30. The number of nitrogens with zero attached hydrogens (tertiary/aromatic N) is 1. The summed E-state index contributed by atoms with van der Waals surface area (Å²) in [5.41, 5.74) is 0.541. The molecule has 1 aliphatic rings. The van der Waals surface area contributed by atoms with Crippen LogP contribution in [0.25, 0.3) is 15.6 Å². The molecular formula is C19H21NO7. The van der Waals surface area contributed by atoms with Gasteiger partial charge < -0.3 is 29.9 Å². The molecule has 8 nitrogen and oxygen atoms in total. The molecule has 0 aromatic heterocycles. The summed E-state index contributed by atoms with van der Waals surface area (Å²) in [7, 11) is 1.58. The van der Waals surface area contributed by atoms with Gasteiger partial charge in [-0.2, -0.15) is 0 Å². The molecule has 1 heterocycles. The van der Waals surface area contributed by atoms with Crippen molar-refractivity contribution >= 4 is 10.8 Å². The maximum Gasteiger partial charge on any atom is 0.356 e. The first-order chi connectivity index (χ1) is 13.0. The Morgan fingerprint density at radius 1 is 1.07 bits per heavy atom. The highest BCUT2D eigenvalue weighted by atomic mass is 16.7. The standard InChI is InChI=1S/C19H21NO7/c1-20-18(27-19-17(24)16(23)15(22)14(9-21)26-19)12-4-3-11-8-13(25-2)6-5-10(11)7-12/h3-8,14-19,21-24H,9H2,2H3. The van der Waals surface area contributed by atoms with Crippen molar-refractivity contribution in [2.75, 3.05) is 13.7 Å². The Kier molecular flexibility index (Phi) is 5.92. The van der Waals surface area contributed by atoms with Crippen LogP contribution in [0, 0.1) is 6.57 Å². The topological polar surface area (TPSA) is 113 Å². The van der Waals surface area contributed by atoms with Crippen LogP contribution in [0.5, 0.6) is 5.75 Å². The van der Waals surface area contributed by atoms with E-state index < -0.39 is 43.5 Å². The van der Waals surface area contributed by atoms with Crippen LogP contribution in [0.1, 0.15) is 11.8 Å². The molecule has 4 N–H and O–H groups in total.